The molecule has 1 aromatic rings. The van der Waals surface area contributed by atoms with Crippen molar-refractivity contribution in [2.75, 3.05) is 26.2 Å². The van der Waals surface area contributed by atoms with Crippen LogP contribution in [0.3, 0.4) is 0 Å². The third kappa shape index (κ3) is 2.54. The molecule has 0 aromatic carbocycles. The van der Waals surface area contributed by atoms with Gasteiger partial charge < -0.3 is 4.90 Å². The molecule has 3 rings (SSSR count). The molecule has 0 unspecified atom stereocenters. The van der Waals surface area contributed by atoms with Crippen LogP contribution in [0.4, 0.5) is 0 Å². The van der Waals surface area contributed by atoms with Crippen molar-refractivity contribution in [2.24, 2.45) is 0 Å². The van der Waals surface area contributed by atoms with E-state index in [1.54, 1.807) is 4.31 Å². The number of hydrogen-bond acceptors (Lipinski definition) is 4. The summed E-state index contributed by atoms with van der Waals surface area (Å²) in [7, 11) is -3.37. The average molecular weight is 284 g/mol. The minimum absolute atomic E-state index is 0.201. The Hall–Kier alpha value is -0.920. The molecule has 7 heteroatoms. The van der Waals surface area contributed by atoms with E-state index in [2.05, 4.69) is 15.1 Å². The zero-order valence-corrected chi connectivity index (χ0v) is 11.8. The molecule has 0 radical (unpaired) electrons. The van der Waals surface area contributed by atoms with Gasteiger partial charge in [0.05, 0.1) is 6.20 Å². The molecule has 0 amide bonds. The lowest BCUT2D eigenvalue weighted by Crippen LogP contribution is -2.45. The van der Waals surface area contributed by atoms with E-state index >= 15 is 0 Å². The van der Waals surface area contributed by atoms with Crippen LogP contribution in [0.15, 0.2) is 17.3 Å². The highest BCUT2D eigenvalue weighted by molar-refractivity contribution is 7.89. The first-order chi connectivity index (χ1) is 9.18. The fourth-order valence-electron chi connectivity index (χ4n) is 3.08. The van der Waals surface area contributed by atoms with Crippen molar-refractivity contribution in [3.63, 3.8) is 0 Å². The Balaban J connectivity index is 1.64. The Morgan fingerprint density at radius 1 is 1.16 bits per heavy atom. The summed E-state index contributed by atoms with van der Waals surface area (Å²) in [5.41, 5.74) is 0. The Morgan fingerprint density at radius 2 is 1.84 bits per heavy atom. The van der Waals surface area contributed by atoms with Gasteiger partial charge in [-0.2, -0.15) is 9.40 Å². The Morgan fingerprint density at radius 3 is 2.42 bits per heavy atom. The predicted octanol–water partition coefficient (Wildman–Crippen LogP) is 0.659. The Labute approximate surface area is 113 Å². The molecule has 6 nitrogen and oxygen atoms in total. The summed E-state index contributed by atoms with van der Waals surface area (Å²) >= 11 is 0. The summed E-state index contributed by atoms with van der Waals surface area (Å²) in [6.45, 7) is 3.58. The number of sulfonamides is 1. The van der Waals surface area contributed by atoms with Gasteiger partial charge in [-0.1, -0.05) is 0 Å². The van der Waals surface area contributed by atoms with Crippen LogP contribution in [-0.2, 0) is 10.0 Å². The number of nitrogens with zero attached hydrogens (tertiary/aromatic N) is 3. The zero-order chi connectivity index (χ0) is 13.3. The standard InChI is InChI=1S/C12H20N4O2S/c17-19(18,12-3-6-13-14-12)16-9-4-11(5-10-16)15-7-1-2-8-15/h3,6,11H,1-2,4-5,7-10H2,(H,13,14). The molecule has 0 bridgehead atoms. The van der Waals surface area contributed by atoms with Crippen molar-refractivity contribution in [2.45, 2.75) is 36.8 Å². The quantitative estimate of drug-likeness (QED) is 0.885. The molecule has 1 aromatic heterocycles. The predicted molar refractivity (Wildman–Crippen MR) is 71.2 cm³/mol. The monoisotopic (exact) mass is 284 g/mol. The van der Waals surface area contributed by atoms with Crippen molar-refractivity contribution in [3.8, 4) is 0 Å². The fraction of sp³-hybridized carbons (Fsp3) is 0.750. The molecule has 0 spiro atoms. The first-order valence-corrected chi connectivity index (χ1v) is 8.35. The van der Waals surface area contributed by atoms with Crippen LogP contribution in [0.2, 0.25) is 0 Å². The lowest BCUT2D eigenvalue weighted by Gasteiger charge is -2.35. The van der Waals surface area contributed by atoms with Gasteiger partial charge >= 0.3 is 0 Å². The highest BCUT2D eigenvalue weighted by Gasteiger charge is 2.32. The first kappa shape index (κ1) is 13.1. The van der Waals surface area contributed by atoms with E-state index in [0.29, 0.717) is 19.1 Å². The van der Waals surface area contributed by atoms with Crippen LogP contribution in [0.25, 0.3) is 0 Å². The minimum Gasteiger partial charge on any atom is -0.300 e. The smallest absolute Gasteiger partial charge is 0.259 e. The molecule has 1 N–H and O–H groups in total. The maximum atomic E-state index is 12.3. The Bertz CT molecular complexity index is 500. The molecule has 2 aliphatic heterocycles. The van der Waals surface area contributed by atoms with Crippen LogP contribution in [0.1, 0.15) is 25.7 Å². The van der Waals surface area contributed by atoms with Gasteiger partial charge in [0.25, 0.3) is 10.0 Å². The van der Waals surface area contributed by atoms with Gasteiger partial charge in [0.2, 0.25) is 0 Å². The number of piperidine rings is 1. The van der Waals surface area contributed by atoms with Crippen LogP contribution in [0.5, 0.6) is 0 Å². The topological polar surface area (TPSA) is 69.3 Å². The molecule has 0 aliphatic carbocycles. The summed E-state index contributed by atoms with van der Waals surface area (Å²) in [5.74, 6) is 0. The summed E-state index contributed by atoms with van der Waals surface area (Å²) in [5, 5.41) is 6.47. The largest absolute Gasteiger partial charge is 0.300 e. The minimum atomic E-state index is -3.37. The highest BCUT2D eigenvalue weighted by atomic mass is 32.2. The van der Waals surface area contributed by atoms with Gasteiger partial charge in [-0.25, -0.2) is 8.42 Å². The normalized spacial score (nSPS) is 24.0. The SMILES string of the molecule is O=S(=O)(c1ccn[nH]1)N1CCC(N2CCCC2)CC1. The van der Waals surface area contributed by atoms with Crippen molar-refractivity contribution < 1.29 is 8.42 Å². The molecule has 106 valence electrons. The van der Waals surface area contributed by atoms with Gasteiger partial charge in [0.15, 0.2) is 5.03 Å². The molecule has 19 heavy (non-hydrogen) atoms. The second-order valence-electron chi connectivity index (χ2n) is 5.30. The summed E-state index contributed by atoms with van der Waals surface area (Å²) < 4.78 is 26.2. The zero-order valence-electron chi connectivity index (χ0n) is 11.0. The molecular formula is C12H20N4O2S. The fourth-order valence-corrected chi connectivity index (χ4v) is 4.45. The maximum Gasteiger partial charge on any atom is 0.259 e. The number of likely N-dealkylation sites (tertiary alicyclic amines) is 1. The van der Waals surface area contributed by atoms with Gasteiger partial charge in [0.1, 0.15) is 0 Å². The van der Waals surface area contributed by atoms with E-state index in [9.17, 15) is 8.42 Å². The number of H-pyrrole nitrogens is 1. The van der Waals surface area contributed by atoms with Crippen molar-refractivity contribution >= 4 is 10.0 Å². The molecule has 3 heterocycles. The summed E-state index contributed by atoms with van der Waals surface area (Å²) in [6, 6.07) is 2.08. The van der Waals surface area contributed by atoms with E-state index < -0.39 is 10.0 Å². The van der Waals surface area contributed by atoms with Crippen LogP contribution >= 0.6 is 0 Å². The molecule has 0 saturated carbocycles. The number of hydrogen-bond donors (Lipinski definition) is 1. The number of nitrogens with one attached hydrogen (secondary N) is 1. The van der Waals surface area contributed by atoms with E-state index in [1.807, 2.05) is 0 Å². The van der Waals surface area contributed by atoms with E-state index in [0.717, 1.165) is 12.8 Å². The molecule has 2 aliphatic rings. The van der Waals surface area contributed by atoms with Crippen molar-refractivity contribution in [1.29, 1.82) is 0 Å². The van der Waals surface area contributed by atoms with Gasteiger partial charge in [-0.3, -0.25) is 5.10 Å². The third-order valence-electron chi connectivity index (χ3n) is 4.17. The van der Waals surface area contributed by atoms with E-state index in [-0.39, 0.29) is 5.03 Å². The Kier molecular flexibility index (Phi) is 3.60. The number of rotatable bonds is 3. The lowest BCUT2D eigenvalue weighted by molar-refractivity contribution is 0.167. The number of aromatic amines is 1. The van der Waals surface area contributed by atoms with Crippen LogP contribution < -0.4 is 0 Å². The second kappa shape index (κ2) is 5.22. The first-order valence-electron chi connectivity index (χ1n) is 6.91. The van der Waals surface area contributed by atoms with E-state index in [4.69, 9.17) is 0 Å². The van der Waals surface area contributed by atoms with Crippen molar-refractivity contribution in [1.82, 2.24) is 19.4 Å². The molecular weight excluding hydrogens is 264 g/mol. The van der Waals surface area contributed by atoms with Crippen LogP contribution in [0, 0.1) is 0 Å². The summed E-state index contributed by atoms with van der Waals surface area (Å²) in [6.07, 6.45) is 5.92. The molecule has 2 saturated heterocycles. The van der Waals surface area contributed by atoms with Crippen LogP contribution in [-0.4, -0.2) is 60.0 Å². The third-order valence-corrected chi connectivity index (χ3v) is 6.00. The van der Waals surface area contributed by atoms with E-state index in [1.165, 1.54) is 38.2 Å². The summed E-state index contributed by atoms with van der Waals surface area (Å²) in [4.78, 5) is 2.51. The van der Waals surface area contributed by atoms with Gasteiger partial charge in [0, 0.05) is 19.1 Å². The number of aromatic nitrogens is 2. The maximum absolute atomic E-state index is 12.3. The average Bonchev–Trinajstić information content (AvgIpc) is 3.12. The lowest BCUT2D eigenvalue weighted by atomic mass is 10.1. The van der Waals surface area contributed by atoms with Crippen molar-refractivity contribution in [3.05, 3.63) is 12.3 Å². The van der Waals surface area contributed by atoms with Gasteiger partial charge in [-0.05, 0) is 44.8 Å². The molecule has 2 fully saturated rings. The highest BCUT2D eigenvalue weighted by Crippen LogP contribution is 2.24. The van der Waals surface area contributed by atoms with Gasteiger partial charge in [-0.15, -0.1) is 0 Å². The second-order valence-corrected chi connectivity index (χ2v) is 7.21. The molecule has 0 atom stereocenters.